The Kier molecular flexibility index (Phi) is 4.79. The summed E-state index contributed by atoms with van der Waals surface area (Å²) in [6, 6.07) is 23.4. The van der Waals surface area contributed by atoms with E-state index in [4.69, 9.17) is 9.97 Å². The summed E-state index contributed by atoms with van der Waals surface area (Å²) in [7, 11) is 0. The van der Waals surface area contributed by atoms with Crippen LogP contribution >= 0.6 is 11.3 Å². The molecule has 0 saturated carbocycles. The first kappa shape index (κ1) is 17.4. The van der Waals surface area contributed by atoms with Crippen molar-refractivity contribution in [3.63, 3.8) is 0 Å². The Morgan fingerprint density at radius 2 is 1.64 bits per heavy atom. The summed E-state index contributed by atoms with van der Waals surface area (Å²) in [4.78, 5) is 13.4. The fraction of sp³-hybridized carbons (Fsp3) is 0.250. The number of benzene rings is 2. The van der Waals surface area contributed by atoms with Crippen LogP contribution in [0, 0.1) is 5.92 Å². The molecule has 0 unspecified atom stereocenters. The Morgan fingerprint density at radius 1 is 0.857 bits per heavy atom. The van der Waals surface area contributed by atoms with E-state index >= 15 is 0 Å². The van der Waals surface area contributed by atoms with Crippen LogP contribution < -0.4 is 4.90 Å². The molecular formula is C24H23N3S. The fourth-order valence-corrected chi connectivity index (χ4v) is 4.77. The molecule has 2 aromatic carbocycles. The van der Waals surface area contributed by atoms with Crippen molar-refractivity contribution in [2.75, 3.05) is 18.0 Å². The molecule has 1 aliphatic heterocycles. The van der Waals surface area contributed by atoms with E-state index in [1.54, 1.807) is 11.3 Å². The standard InChI is InChI=1S/C24H23N3S/c1-2-7-18(8-3-1)17-19-12-14-27(15-13-19)24-20-9-4-5-10-21(20)25-23(26-24)22-11-6-16-28-22/h1-11,16,19H,12-15,17H2. The van der Waals surface area contributed by atoms with Gasteiger partial charge in [-0.25, -0.2) is 9.97 Å². The number of aromatic nitrogens is 2. The minimum absolute atomic E-state index is 0.753. The zero-order chi connectivity index (χ0) is 18.8. The van der Waals surface area contributed by atoms with Gasteiger partial charge in [-0.2, -0.15) is 0 Å². The van der Waals surface area contributed by atoms with Gasteiger partial charge in [-0.15, -0.1) is 11.3 Å². The number of thiophene rings is 1. The predicted molar refractivity (Wildman–Crippen MR) is 118 cm³/mol. The number of piperidine rings is 1. The molecule has 140 valence electrons. The number of hydrogen-bond acceptors (Lipinski definition) is 4. The van der Waals surface area contributed by atoms with E-state index in [0.29, 0.717) is 0 Å². The van der Waals surface area contributed by atoms with Crippen molar-refractivity contribution < 1.29 is 0 Å². The molecule has 0 aliphatic carbocycles. The third kappa shape index (κ3) is 3.52. The van der Waals surface area contributed by atoms with Crippen LogP contribution in [0.2, 0.25) is 0 Å². The van der Waals surface area contributed by atoms with Crippen LogP contribution in [0.1, 0.15) is 18.4 Å². The fourth-order valence-electron chi connectivity index (χ4n) is 4.11. The minimum atomic E-state index is 0.753. The summed E-state index contributed by atoms with van der Waals surface area (Å²) in [5.74, 6) is 2.69. The molecule has 4 heteroatoms. The highest BCUT2D eigenvalue weighted by Gasteiger charge is 2.23. The van der Waals surface area contributed by atoms with Crippen LogP contribution in [0.4, 0.5) is 5.82 Å². The molecule has 0 atom stereocenters. The van der Waals surface area contributed by atoms with E-state index in [1.165, 1.54) is 24.8 Å². The van der Waals surface area contributed by atoms with Crippen molar-refractivity contribution in [1.82, 2.24) is 9.97 Å². The maximum absolute atomic E-state index is 5.00. The Balaban J connectivity index is 1.40. The quantitative estimate of drug-likeness (QED) is 0.443. The summed E-state index contributed by atoms with van der Waals surface area (Å²) < 4.78 is 0. The molecule has 1 aliphatic rings. The topological polar surface area (TPSA) is 29.0 Å². The molecule has 2 aromatic heterocycles. The molecule has 4 aromatic rings. The SMILES string of the molecule is c1ccc(CC2CCN(c3nc(-c4cccs4)nc4ccccc34)CC2)cc1. The highest BCUT2D eigenvalue weighted by molar-refractivity contribution is 7.13. The van der Waals surface area contributed by atoms with Crippen LogP contribution in [-0.4, -0.2) is 23.1 Å². The number of hydrogen-bond donors (Lipinski definition) is 0. The number of para-hydroxylation sites is 1. The van der Waals surface area contributed by atoms with Crippen molar-refractivity contribution in [3.05, 3.63) is 77.7 Å². The molecule has 0 spiro atoms. The van der Waals surface area contributed by atoms with E-state index < -0.39 is 0 Å². The summed E-state index contributed by atoms with van der Waals surface area (Å²) in [5.41, 5.74) is 2.48. The molecule has 0 bridgehead atoms. The number of anilines is 1. The Hall–Kier alpha value is -2.72. The van der Waals surface area contributed by atoms with E-state index in [2.05, 4.69) is 77.0 Å². The first-order valence-electron chi connectivity index (χ1n) is 9.96. The van der Waals surface area contributed by atoms with Gasteiger partial charge in [-0.05, 0) is 54.3 Å². The molecule has 0 radical (unpaired) electrons. The van der Waals surface area contributed by atoms with Gasteiger partial charge in [0.05, 0.1) is 10.4 Å². The van der Waals surface area contributed by atoms with Crippen molar-refractivity contribution in [2.24, 2.45) is 5.92 Å². The number of nitrogens with zero attached hydrogens (tertiary/aromatic N) is 3. The monoisotopic (exact) mass is 385 g/mol. The lowest BCUT2D eigenvalue weighted by molar-refractivity contribution is 0.403. The second kappa shape index (κ2) is 7.72. The zero-order valence-corrected chi connectivity index (χ0v) is 16.6. The van der Waals surface area contributed by atoms with E-state index in [-0.39, 0.29) is 0 Å². The molecule has 28 heavy (non-hydrogen) atoms. The van der Waals surface area contributed by atoms with Crippen LogP contribution in [0.5, 0.6) is 0 Å². The zero-order valence-electron chi connectivity index (χ0n) is 15.8. The highest BCUT2D eigenvalue weighted by atomic mass is 32.1. The van der Waals surface area contributed by atoms with Gasteiger partial charge in [-0.1, -0.05) is 48.5 Å². The average molecular weight is 386 g/mol. The van der Waals surface area contributed by atoms with Crippen molar-refractivity contribution in [3.8, 4) is 10.7 Å². The maximum Gasteiger partial charge on any atom is 0.172 e. The molecule has 1 saturated heterocycles. The van der Waals surface area contributed by atoms with Gasteiger partial charge in [0, 0.05) is 18.5 Å². The van der Waals surface area contributed by atoms with Gasteiger partial charge < -0.3 is 4.90 Å². The van der Waals surface area contributed by atoms with Crippen LogP contribution in [-0.2, 0) is 6.42 Å². The lowest BCUT2D eigenvalue weighted by atomic mass is 9.90. The highest BCUT2D eigenvalue weighted by Crippen LogP contribution is 2.32. The second-order valence-electron chi connectivity index (χ2n) is 7.49. The van der Waals surface area contributed by atoms with Crippen molar-refractivity contribution in [2.45, 2.75) is 19.3 Å². The van der Waals surface area contributed by atoms with Gasteiger partial charge in [0.15, 0.2) is 5.82 Å². The Labute approximate surface area is 169 Å². The maximum atomic E-state index is 5.00. The first-order valence-corrected chi connectivity index (χ1v) is 10.8. The average Bonchev–Trinajstić information content (AvgIpc) is 3.29. The van der Waals surface area contributed by atoms with Crippen molar-refractivity contribution >= 4 is 28.1 Å². The van der Waals surface area contributed by atoms with Gasteiger partial charge in [0.2, 0.25) is 0 Å². The van der Waals surface area contributed by atoms with Gasteiger partial charge in [-0.3, -0.25) is 0 Å². The second-order valence-corrected chi connectivity index (χ2v) is 8.43. The Bertz CT molecular complexity index is 1050. The minimum Gasteiger partial charge on any atom is -0.356 e. The van der Waals surface area contributed by atoms with Gasteiger partial charge in [0.1, 0.15) is 5.82 Å². The molecule has 3 heterocycles. The summed E-state index contributed by atoms with van der Waals surface area (Å²) >= 11 is 1.70. The van der Waals surface area contributed by atoms with Crippen LogP contribution in [0.25, 0.3) is 21.6 Å². The summed E-state index contributed by atoms with van der Waals surface area (Å²) in [6.07, 6.45) is 3.60. The van der Waals surface area contributed by atoms with E-state index in [1.807, 2.05) is 0 Å². The van der Waals surface area contributed by atoms with Crippen molar-refractivity contribution in [1.29, 1.82) is 0 Å². The van der Waals surface area contributed by atoms with Crippen LogP contribution in [0.15, 0.2) is 72.1 Å². The molecule has 5 rings (SSSR count). The third-order valence-corrected chi connectivity index (χ3v) is 6.47. The predicted octanol–water partition coefficient (Wildman–Crippen LogP) is 5.82. The summed E-state index contributed by atoms with van der Waals surface area (Å²) in [5, 5.41) is 3.24. The molecule has 3 nitrogen and oxygen atoms in total. The lowest BCUT2D eigenvalue weighted by Gasteiger charge is -2.33. The molecule has 1 fully saturated rings. The van der Waals surface area contributed by atoms with Gasteiger partial charge in [0.25, 0.3) is 0 Å². The van der Waals surface area contributed by atoms with E-state index in [9.17, 15) is 0 Å². The van der Waals surface area contributed by atoms with E-state index in [0.717, 1.165) is 46.4 Å². The summed E-state index contributed by atoms with van der Waals surface area (Å²) in [6.45, 7) is 2.12. The third-order valence-electron chi connectivity index (χ3n) is 5.61. The number of rotatable bonds is 4. The molecule has 0 amide bonds. The van der Waals surface area contributed by atoms with Crippen LogP contribution in [0.3, 0.4) is 0 Å². The smallest absolute Gasteiger partial charge is 0.172 e. The molecular weight excluding hydrogens is 362 g/mol. The normalized spacial score (nSPS) is 15.2. The van der Waals surface area contributed by atoms with Gasteiger partial charge >= 0.3 is 0 Å². The largest absolute Gasteiger partial charge is 0.356 e. The Morgan fingerprint density at radius 3 is 2.43 bits per heavy atom. The first-order chi connectivity index (χ1) is 13.9. The lowest BCUT2D eigenvalue weighted by Crippen LogP contribution is -2.35. The number of fused-ring (bicyclic) bond motifs is 1. The molecule has 0 N–H and O–H groups in total.